The molecule has 0 spiro atoms. The Kier molecular flexibility index (Phi) is 4.31. The summed E-state index contributed by atoms with van der Waals surface area (Å²) >= 11 is 6.14. The van der Waals surface area contributed by atoms with Crippen LogP contribution in [0, 0.1) is 0 Å². The van der Waals surface area contributed by atoms with Gasteiger partial charge in [-0.25, -0.2) is 0 Å². The maximum absolute atomic E-state index is 11.9. The first-order chi connectivity index (χ1) is 7.04. The first kappa shape index (κ1) is 12.2. The molecule has 0 amide bonds. The Morgan fingerprint density at radius 2 is 1.87 bits per heavy atom. The van der Waals surface area contributed by atoms with E-state index in [1.54, 1.807) is 0 Å². The quantitative estimate of drug-likeness (QED) is 0.444. The van der Waals surface area contributed by atoms with Gasteiger partial charge in [-0.15, -0.1) is 0 Å². The van der Waals surface area contributed by atoms with Crippen molar-refractivity contribution in [3.05, 3.63) is 31.5 Å². The number of ether oxygens (including phenoxy) is 1. The molecule has 0 aliphatic rings. The van der Waals surface area contributed by atoms with Gasteiger partial charge in [-0.1, -0.05) is 37.0 Å². The van der Waals surface area contributed by atoms with Gasteiger partial charge in [0.15, 0.2) is 0 Å². The van der Waals surface area contributed by atoms with Gasteiger partial charge in [0.25, 0.3) is 0 Å². The van der Waals surface area contributed by atoms with E-state index in [2.05, 4.69) is 46.6 Å². The number of hydrogen-bond acceptors (Lipinski definition) is 2. The molecule has 0 aromatic heterocycles. The highest BCUT2D eigenvalue weighted by Crippen LogP contribution is 2.37. The second kappa shape index (κ2) is 5.29. The zero-order chi connectivity index (χ0) is 11.4. The Labute approximate surface area is 100 Å². The van der Waals surface area contributed by atoms with Crippen LogP contribution in [0.4, 0.5) is 14.5 Å². The molecule has 1 rings (SSSR count). The summed E-state index contributed by atoms with van der Waals surface area (Å²) in [5, 5.41) is 3.37. The van der Waals surface area contributed by atoms with Crippen molar-refractivity contribution in [2.24, 2.45) is 5.11 Å². The molecule has 0 saturated carbocycles. The minimum atomic E-state index is -2.89. The van der Waals surface area contributed by atoms with Crippen LogP contribution in [0.1, 0.15) is 0 Å². The third-order valence-corrected chi connectivity index (χ3v) is 2.57. The molecule has 0 radical (unpaired) electrons. The summed E-state index contributed by atoms with van der Waals surface area (Å²) in [6.45, 7) is -2.89. The summed E-state index contributed by atoms with van der Waals surface area (Å²) in [5.41, 5.74) is 8.53. The van der Waals surface area contributed by atoms with Crippen LogP contribution in [0.5, 0.6) is 5.75 Å². The highest BCUT2D eigenvalue weighted by Gasteiger charge is 2.10. The molecular weight excluding hydrogens is 340 g/mol. The SMILES string of the molecule is [N-]=[N+]=Nc1c(Br)cc(OC(F)F)cc1Br. The van der Waals surface area contributed by atoms with Crippen molar-refractivity contribution in [3.63, 3.8) is 0 Å². The van der Waals surface area contributed by atoms with E-state index in [9.17, 15) is 8.78 Å². The van der Waals surface area contributed by atoms with Crippen molar-refractivity contribution in [3.8, 4) is 5.75 Å². The molecule has 0 heterocycles. The topological polar surface area (TPSA) is 58.0 Å². The number of azide groups is 1. The van der Waals surface area contributed by atoms with E-state index in [4.69, 9.17) is 5.53 Å². The van der Waals surface area contributed by atoms with E-state index in [-0.39, 0.29) is 11.4 Å². The van der Waals surface area contributed by atoms with Crippen LogP contribution in [0.25, 0.3) is 10.4 Å². The third-order valence-electron chi connectivity index (χ3n) is 1.36. The van der Waals surface area contributed by atoms with Gasteiger partial charge >= 0.3 is 6.61 Å². The molecule has 80 valence electrons. The van der Waals surface area contributed by atoms with Crippen molar-refractivity contribution < 1.29 is 13.5 Å². The minimum Gasteiger partial charge on any atom is -0.435 e. The summed E-state index contributed by atoms with van der Waals surface area (Å²) in [6.07, 6.45) is 0. The molecule has 0 N–H and O–H groups in total. The fourth-order valence-electron chi connectivity index (χ4n) is 0.853. The first-order valence-corrected chi connectivity index (χ1v) is 5.12. The van der Waals surface area contributed by atoms with E-state index >= 15 is 0 Å². The summed E-state index contributed by atoms with van der Waals surface area (Å²) < 4.78 is 28.7. The van der Waals surface area contributed by atoms with E-state index < -0.39 is 6.61 Å². The summed E-state index contributed by atoms with van der Waals surface area (Å²) in [4.78, 5) is 2.59. The van der Waals surface area contributed by atoms with Crippen LogP contribution < -0.4 is 4.74 Å². The summed E-state index contributed by atoms with van der Waals surface area (Å²) in [5.74, 6) is -0.0272. The Bertz CT molecular complexity index is 398. The molecule has 0 fully saturated rings. The van der Waals surface area contributed by atoms with Gasteiger partial charge in [-0.2, -0.15) is 8.78 Å². The molecule has 0 bridgehead atoms. The highest BCUT2D eigenvalue weighted by molar-refractivity contribution is 9.11. The van der Waals surface area contributed by atoms with Crippen molar-refractivity contribution >= 4 is 37.5 Å². The summed E-state index contributed by atoms with van der Waals surface area (Å²) in [7, 11) is 0. The lowest BCUT2D eigenvalue weighted by Gasteiger charge is -2.07. The average Bonchev–Trinajstić information content (AvgIpc) is 2.10. The third kappa shape index (κ3) is 3.33. The van der Waals surface area contributed by atoms with E-state index in [1.165, 1.54) is 12.1 Å². The second-order valence-corrected chi connectivity index (χ2v) is 4.01. The predicted molar refractivity (Wildman–Crippen MR) is 57.3 cm³/mol. The standard InChI is InChI=1S/C7H3Br2F2N3O/c8-4-1-3(15-7(10)11)2-5(9)6(4)13-14-12/h1-2,7H. The van der Waals surface area contributed by atoms with Crippen LogP contribution in [-0.4, -0.2) is 6.61 Å². The molecule has 1 aromatic carbocycles. The van der Waals surface area contributed by atoms with Gasteiger partial charge in [0.1, 0.15) is 5.75 Å². The molecule has 1 aromatic rings. The minimum absolute atomic E-state index is 0.0272. The number of hydrogen-bond donors (Lipinski definition) is 0. The molecule has 0 aliphatic heterocycles. The van der Waals surface area contributed by atoms with Gasteiger partial charge in [0, 0.05) is 13.9 Å². The number of nitrogens with zero attached hydrogens (tertiary/aromatic N) is 3. The molecule has 0 unspecified atom stereocenters. The fraction of sp³-hybridized carbons (Fsp3) is 0.143. The highest BCUT2D eigenvalue weighted by atomic mass is 79.9. The average molecular weight is 343 g/mol. The first-order valence-electron chi connectivity index (χ1n) is 3.53. The molecule has 8 heteroatoms. The number of rotatable bonds is 3. The predicted octanol–water partition coefficient (Wildman–Crippen LogP) is 4.75. The van der Waals surface area contributed by atoms with Crippen molar-refractivity contribution in [1.82, 2.24) is 0 Å². The molecule has 0 atom stereocenters. The number of benzene rings is 1. The Morgan fingerprint density at radius 3 is 2.27 bits per heavy atom. The number of alkyl halides is 2. The Balaban J connectivity index is 3.13. The molecular formula is C7H3Br2F2N3O. The van der Waals surface area contributed by atoms with Crippen LogP contribution in [-0.2, 0) is 0 Å². The maximum atomic E-state index is 11.9. The van der Waals surface area contributed by atoms with E-state index in [0.29, 0.717) is 8.95 Å². The van der Waals surface area contributed by atoms with Gasteiger partial charge < -0.3 is 4.74 Å². The van der Waals surface area contributed by atoms with Gasteiger partial charge in [0.05, 0.1) is 5.69 Å². The fourth-order valence-corrected chi connectivity index (χ4v) is 2.16. The zero-order valence-electron chi connectivity index (χ0n) is 6.99. The number of halogens is 4. The monoisotopic (exact) mass is 341 g/mol. The molecule has 0 saturated heterocycles. The van der Waals surface area contributed by atoms with Gasteiger partial charge in [0.2, 0.25) is 0 Å². The Morgan fingerprint density at radius 1 is 1.33 bits per heavy atom. The van der Waals surface area contributed by atoms with E-state index in [1.807, 2.05) is 0 Å². The molecule has 4 nitrogen and oxygen atoms in total. The van der Waals surface area contributed by atoms with Crippen molar-refractivity contribution in [1.29, 1.82) is 0 Å². The van der Waals surface area contributed by atoms with Crippen LogP contribution in [0.15, 0.2) is 26.2 Å². The lowest BCUT2D eigenvalue weighted by Crippen LogP contribution is -2.01. The summed E-state index contributed by atoms with van der Waals surface area (Å²) in [6, 6.07) is 2.59. The van der Waals surface area contributed by atoms with Gasteiger partial charge in [-0.3, -0.25) is 0 Å². The molecule has 0 aliphatic carbocycles. The lowest BCUT2D eigenvalue weighted by molar-refractivity contribution is -0.0499. The van der Waals surface area contributed by atoms with Crippen LogP contribution in [0.2, 0.25) is 0 Å². The van der Waals surface area contributed by atoms with Crippen LogP contribution >= 0.6 is 31.9 Å². The van der Waals surface area contributed by atoms with Gasteiger partial charge in [-0.05, 0) is 17.7 Å². The van der Waals surface area contributed by atoms with Crippen molar-refractivity contribution in [2.75, 3.05) is 0 Å². The maximum Gasteiger partial charge on any atom is 0.387 e. The van der Waals surface area contributed by atoms with Crippen LogP contribution in [0.3, 0.4) is 0 Å². The largest absolute Gasteiger partial charge is 0.435 e. The lowest BCUT2D eigenvalue weighted by atomic mass is 10.3. The normalized spacial score (nSPS) is 9.93. The molecule has 15 heavy (non-hydrogen) atoms. The van der Waals surface area contributed by atoms with E-state index in [0.717, 1.165) is 0 Å². The zero-order valence-corrected chi connectivity index (χ0v) is 10.2. The Hall–Kier alpha value is -0.850. The smallest absolute Gasteiger partial charge is 0.387 e. The van der Waals surface area contributed by atoms with Crippen molar-refractivity contribution in [2.45, 2.75) is 6.61 Å². The second-order valence-electron chi connectivity index (χ2n) is 2.30.